The lowest BCUT2D eigenvalue weighted by molar-refractivity contribution is -0.117. The summed E-state index contributed by atoms with van der Waals surface area (Å²) in [5.41, 5.74) is 3.98. The number of aryl methyl sites for hydroxylation is 1. The van der Waals surface area contributed by atoms with Crippen molar-refractivity contribution in [1.29, 1.82) is 0 Å². The van der Waals surface area contributed by atoms with Crippen molar-refractivity contribution in [3.8, 4) is 5.69 Å². The van der Waals surface area contributed by atoms with Gasteiger partial charge in [0.15, 0.2) is 0 Å². The standard InChI is InChI=1S/C23H26ClN5O2/c1-4-28(15-22(31)26-19-12-10-18(11-13-19)25-17(3)30)14-21-16(2)27-29(23(21)24)20-8-6-5-7-9-20/h5-13H,4,14-15H2,1-3H3,(H,25,30)(H,26,31). The fourth-order valence-corrected chi connectivity index (χ4v) is 3.53. The number of carbonyl (C=O) groups excluding carboxylic acids is 2. The number of carbonyl (C=O) groups is 2. The molecule has 2 amide bonds. The lowest BCUT2D eigenvalue weighted by Gasteiger charge is -2.20. The van der Waals surface area contributed by atoms with Crippen LogP contribution in [0.15, 0.2) is 54.6 Å². The van der Waals surface area contributed by atoms with Crippen LogP contribution in [0.2, 0.25) is 5.15 Å². The van der Waals surface area contributed by atoms with E-state index in [1.54, 1.807) is 28.9 Å². The first-order valence-electron chi connectivity index (χ1n) is 10.1. The van der Waals surface area contributed by atoms with Crippen LogP contribution in [0.4, 0.5) is 11.4 Å². The highest BCUT2D eigenvalue weighted by atomic mass is 35.5. The number of hydrogen-bond donors (Lipinski definition) is 2. The molecule has 8 heteroatoms. The van der Waals surface area contributed by atoms with E-state index in [4.69, 9.17) is 11.6 Å². The lowest BCUT2D eigenvalue weighted by Crippen LogP contribution is -2.33. The number of likely N-dealkylation sites (N-methyl/N-ethyl adjacent to an activating group) is 1. The Hall–Kier alpha value is -3.16. The third kappa shape index (κ3) is 5.93. The Balaban J connectivity index is 1.65. The minimum Gasteiger partial charge on any atom is -0.326 e. The molecule has 0 bridgehead atoms. The van der Waals surface area contributed by atoms with Crippen LogP contribution >= 0.6 is 11.6 Å². The molecule has 0 fully saturated rings. The molecule has 1 heterocycles. The van der Waals surface area contributed by atoms with Crippen LogP contribution in [0, 0.1) is 6.92 Å². The summed E-state index contributed by atoms with van der Waals surface area (Å²) in [5.74, 6) is -0.265. The Labute approximate surface area is 187 Å². The van der Waals surface area contributed by atoms with E-state index < -0.39 is 0 Å². The van der Waals surface area contributed by atoms with Crippen LogP contribution < -0.4 is 10.6 Å². The zero-order valence-corrected chi connectivity index (χ0v) is 18.6. The average Bonchev–Trinajstić information content (AvgIpc) is 3.03. The predicted molar refractivity (Wildman–Crippen MR) is 124 cm³/mol. The highest BCUT2D eigenvalue weighted by molar-refractivity contribution is 6.30. The van der Waals surface area contributed by atoms with E-state index in [1.165, 1.54) is 6.92 Å². The number of hydrogen-bond acceptors (Lipinski definition) is 4. The average molecular weight is 440 g/mol. The van der Waals surface area contributed by atoms with Crippen molar-refractivity contribution < 1.29 is 9.59 Å². The number of anilines is 2. The molecule has 0 unspecified atom stereocenters. The second kappa shape index (κ2) is 10.2. The Morgan fingerprint density at radius 2 is 1.65 bits per heavy atom. The van der Waals surface area contributed by atoms with Crippen molar-refractivity contribution in [2.75, 3.05) is 23.7 Å². The summed E-state index contributed by atoms with van der Waals surface area (Å²) in [6.07, 6.45) is 0. The Bertz CT molecular complexity index is 1050. The lowest BCUT2D eigenvalue weighted by atomic mass is 10.2. The number of amides is 2. The van der Waals surface area contributed by atoms with Crippen LogP contribution in [0.3, 0.4) is 0 Å². The van der Waals surface area contributed by atoms with Gasteiger partial charge >= 0.3 is 0 Å². The second-order valence-electron chi connectivity index (χ2n) is 7.21. The van der Waals surface area contributed by atoms with Crippen molar-refractivity contribution in [2.45, 2.75) is 27.3 Å². The molecule has 3 rings (SSSR count). The van der Waals surface area contributed by atoms with Crippen molar-refractivity contribution in [3.05, 3.63) is 71.0 Å². The number of rotatable bonds is 8. The van der Waals surface area contributed by atoms with Gasteiger partial charge in [-0.15, -0.1) is 0 Å². The minimum absolute atomic E-state index is 0.127. The molecule has 0 radical (unpaired) electrons. The molecule has 7 nitrogen and oxygen atoms in total. The van der Waals surface area contributed by atoms with Gasteiger partial charge in [0.25, 0.3) is 0 Å². The van der Waals surface area contributed by atoms with Crippen molar-refractivity contribution in [2.24, 2.45) is 0 Å². The number of para-hydroxylation sites is 1. The van der Waals surface area contributed by atoms with Crippen LogP contribution in [0.5, 0.6) is 0 Å². The number of benzene rings is 2. The summed E-state index contributed by atoms with van der Waals surface area (Å²) in [4.78, 5) is 25.7. The summed E-state index contributed by atoms with van der Waals surface area (Å²) in [6.45, 7) is 6.79. The molecule has 1 aromatic heterocycles. The minimum atomic E-state index is -0.139. The highest BCUT2D eigenvalue weighted by Crippen LogP contribution is 2.25. The number of aromatic nitrogens is 2. The second-order valence-corrected chi connectivity index (χ2v) is 7.57. The van der Waals surface area contributed by atoms with Gasteiger partial charge in [-0.05, 0) is 49.9 Å². The third-order valence-electron chi connectivity index (χ3n) is 4.81. The molecule has 0 atom stereocenters. The number of nitrogens with one attached hydrogen (secondary N) is 2. The fourth-order valence-electron chi connectivity index (χ4n) is 3.20. The zero-order chi connectivity index (χ0) is 22.4. The third-order valence-corrected chi connectivity index (χ3v) is 5.20. The van der Waals surface area contributed by atoms with Gasteiger partial charge in [0.1, 0.15) is 5.15 Å². The maximum Gasteiger partial charge on any atom is 0.238 e. The van der Waals surface area contributed by atoms with E-state index >= 15 is 0 Å². The predicted octanol–water partition coefficient (Wildman–Crippen LogP) is 4.25. The largest absolute Gasteiger partial charge is 0.326 e. The molecule has 0 aliphatic heterocycles. The van der Waals surface area contributed by atoms with E-state index in [-0.39, 0.29) is 18.4 Å². The van der Waals surface area contributed by atoms with Crippen molar-refractivity contribution >= 4 is 34.8 Å². The van der Waals surface area contributed by atoms with E-state index in [0.29, 0.717) is 29.6 Å². The van der Waals surface area contributed by atoms with Crippen LogP contribution in [-0.4, -0.2) is 39.6 Å². The van der Waals surface area contributed by atoms with Gasteiger partial charge in [0.05, 0.1) is 17.9 Å². The molecule has 2 aromatic carbocycles. The summed E-state index contributed by atoms with van der Waals surface area (Å²) < 4.78 is 1.72. The molecule has 0 saturated heterocycles. The van der Waals surface area contributed by atoms with E-state index in [9.17, 15) is 9.59 Å². The van der Waals surface area contributed by atoms with Crippen molar-refractivity contribution in [3.63, 3.8) is 0 Å². The monoisotopic (exact) mass is 439 g/mol. The Morgan fingerprint density at radius 3 is 2.23 bits per heavy atom. The molecule has 3 aromatic rings. The normalized spacial score (nSPS) is 10.9. The summed E-state index contributed by atoms with van der Waals surface area (Å²) >= 11 is 6.63. The van der Waals surface area contributed by atoms with Crippen LogP contribution in [-0.2, 0) is 16.1 Å². The molecular formula is C23H26ClN5O2. The topological polar surface area (TPSA) is 79.3 Å². The van der Waals surface area contributed by atoms with Gasteiger partial charge in [-0.2, -0.15) is 5.10 Å². The fraction of sp³-hybridized carbons (Fsp3) is 0.261. The van der Waals surface area contributed by atoms with E-state index in [2.05, 4.69) is 15.7 Å². The van der Waals surface area contributed by atoms with E-state index in [1.807, 2.05) is 49.1 Å². The summed E-state index contributed by atoms with van der Waals surface area (Å²) in [6, 6.07) is 16.7. The number of halogens is 1. The highest BCUT2D eigenvalue weighted by Gasteiger charge is 2.18. The van der Waals surface area contributed by atoms with Gasteiger partial charge in [-0.25, -0.2) is 4.68 Å². The van der Waals surface area contributed by atoms with Crippen molar-refractivity contribution in [1.82, 2.24) is 14.7 Å². The zero-order valence-electron chi connectivity index (χ0n) is 17.9. The Morgan fingerprint density at radius 1 is 1.03 bits per heavy atom. The molecule has 0 aliphatic rings. The first kappa shape index (κ1) is 22.5. The number of nitrogens with zero attached hydrogens (tertiary/aromatic N) is 3. The smallest absolute Gasteiger partial charge is 0.238 e. The van der Waals surface area contributed by atoms with E-state index in [0.717, 1.165) is 16.9 Å². The molecular weight excluding hydrogens is 414 g/mol. The first-order chi connectivity index (χ1) is 14.9. The summed E-state index contributed by atoms with van der Waals surface area (Å²) in [5, 5.41) is 10.7. The maximum atomic E-state index is 12.6. The molecule has 31 heavy (non-hydrogen) atoms. The Kier molecular flexibility index (Phi) is 7.44. The first-order valence-corrected chi connectivity index (χ1v) is 10.4. The van der Waals surface area contributed by atoms with Gasteiger partial charge in [0, 0.05) is 30.4 Å². The molecule has 0 saturated carbocycles. The van der Waals surface area contributed by atoms with Gasteiger partial charge in [-0.3, -0.25) is 14.5 Å². The molecule has 0 aliphatic carbocycles. The molecule has 2 N–H and O–H groups in total. The molecule has 162 valence electrons. The van der Waals surface area contributed by atoms with Crippen LogP contribution in [0.1, 0.15) is 25.1 Å². The molecule has 0 spiro atoms. The maximum absolute atomic E-state index is 12.6. The van der Waals surface area contributed by atoms with Gasteiger partial charge < -0.3 is 10.6 Å². The SMILES string of the molecule is CCN(CC(=O)Nc1ccc(NC(C)=O)cc1)Cc1c(C)nn(-c2ccccc2)c1Cl. The quantitative estimate of drug-likeness (QED) is 0.549. The van der Waals surface area contributed by atoms with Gasteiger partial charge in [0.2, 0.25) is 11.8 Å². The summed E-state index contributed by atoms with van der Waals surface area (Å²) in [7, 11) is 0. The van der Waals surface area contributed by atoms with Crippen LogP contribution in [0.25, 0.3) is 5.69 Å². The van der Waals surface area contributed by atoms with Gasteiger partial charge in [-0.1, -0.05) is 36.7 Å².